The Labute approximate surface area is 106 Å². The summed E-state index contributed by atoms with van der Waals surface area (Å²) >= 11 is 0. The molecule has 0 N–H and O–H groups in total. The van der Waals surface area contributed by atoms with Crippen molar-refractivity contribution in [3.05, 3.63) is 60.9 Å². The van der Waals surface area contributed by atoms with Gasteiger partial charge in [0.25, 0.3) is 0 Å². The van der Waals surface area contributed by atoms with Gasteiger partial charge in [0.2, 0.25) is 0 Å². The number of ether oxygens (including phenoxy) is 1. The minimum atomic E-state index is 0.856. The molecule has 3 aromatic rings. The van der Waals surface area contributed by atoms with Crippen molar-refractivity contribution in [1.82, 2.24) is 4.98 Å². The highest BCUT2D eigenvalue weighted by molar-refractivity contribution is 5.96. The van der Waals surface area contributed by atoms with E-state index in [-0.39, 0.29) is 0 Å². The summed E-state index contributed by atoms with van der Waals surface area (Å²) in [7, 11) is 1.68. The van der Waals surface area contributed by atoms with Gasteiger partial charge in [-0.05, 0) is 29.1 Å². The number of hydrogen-bond donors (Lipinski definition) is 0. The lowest BCUT2D eigenvalue weighted by molar-refractivity contribution is 0.415. The van der Waals surface area contributed by atoms with Crippen LogP contribution in [-0.2, 0) is 0 Å². The minimum Gasteiger partial charge on any atom is -0.497 e. The molecule has 0 saturated carbocycles. The maximum absolute atomic E-state index is 5.24. The first kappa shape index (κ1) is 10.8. The summed E-state index contributed by atoms with van der Waals surface area (Å²) in [6, 6.07) is 16.4. The van der Waals surface area contributed by atoms with Crippen LogP contribution in [0.4, 0.5) is 0 Å². The van der Waals surface area contributed by atoms with Crippen LogP contribution in [-0.4, -0.2) is 12.1 Å². The van der Waals surface area contributed by atoms with Crippen LogP contribution in [0.1, 0.15) is 0 Å². The van der Waals surface area contributed by atoms with E-state index in [1.54, 1.807) is 7.11 Å². The molecule has 18 heavy (non-hydrogen) atoms. The molecule has 88 valence electrons. The number of hydrogen-bond acceptors (Lipinski definition) is 2. The molecule has 1 aromatic heterocycles. The Morgan fingerprint density at radius 3 is 2.56 bits per heavy atom. The fraction of sp³-hybridized carbons (Fsp3) is 0.0625. The van der Waals surface area contributed by atoms with Gasteiger partial charge < -0.3 is 4.74 Å². The highest BCUT2D eigenvalue weighted by Crippen LogP contribution is 2.29. The standard InChI is InChI=1S/C16H13NO/c1-18-14-7-8-15-13(9-14)10-17-11-16(15)12-5-3-2-4-6-12/h2-11H,1H3. The third-order valence-electron chi connectivity index (χ3n) is 3.05. The fourth-order valence-electron chi connectivity index (χ4n) is 2.13. The largest absolute Gasteiger partial charge is 0.497 e. The number of aromatic nitrogens is 1. The Hall–Kier alpha value is -2.35. The number of fused-ring (bicyclic) bond motifs is 1. The van der Waals surface area contributed by atoms with E-state index in [0.29, 0.717) is 0 Å². The molecular weight excluding hydrogens is 222 g/mol. The van der Waals surface area contributed by atoms with Crippen molar-refractivity contribution in [2.75, 3.05) is 7.11 Å². The molecule has 0 fully saturated rings. The molecule has 0 aliphatic rings. The molecule has 0 spiro atoms. The van der Waals surface area contributed by atoms with E-state index < -0.39 is 0 Å². The van der Waals surface area contributed by atoms with Gasteiger partial charge in [0, 0.05) is 23.3 Å². The van der Waals surface area contributed by atoms with Gasteiger partial charge in [-0.1, -0.05) is 30.3 Å². The molecule has 0 radical (unpaired) electrons. The van der Waals surface area contributed by atoms with Crippen LogP contribution in [0, 0.1) is 0 Å². The van der Waals surface area contributed by atoms with Crippen molar-refractivity contribution < 1.29 is 4.74 Å². The molecular formula is C16H13NO. The normalized spacial score (nSPS) is 10.5. The quantitative estimate of drug-likeness (QED) is 0.671. The number of methoxy groups -OCH3 is 1. The molecule has 3 rings (SSSR count). The Balaban J connectivity index is 2.25. The van der Waals surface area contributed by atoms with Crippen LogP contribution in [0.15, 0.2) is 60.9 Å². The molecule has 2 nitrogen and oxygen atoms in total. The Kier molecular flexibility index (Phi) is 2.69. The topological polar surface area (TPSA) is 22.1 Å². The lowest BCUT2D eigenvalue weighted by atomic mass is 10.0. The van der Waals surface area contributed by atoms with Gasteiger partial charge in [0.05, 0.1) is 7.11 Å². The van der Waals surface area contributed by atoms with Crippen LogP contribution in [0.2, 0.25) is 0 Å². The van der Waals surface area contributed by atoms with Crippen LogP contribution in [0.5, 0.6) is 5.75 Å². The first-order chi connectivity index (χ1) is 8.88. The second-order valence-electron chi connectivity index (χ2n) is 4.14. The Morgan fingerprint density at radius 2 is 1.78 bits per heavy atom. The van der Waals surface area contributed by atoms with Crippen molar-refractivity contribution in [2.24, 2.45) is 0 Å². The first-order valence-electron chi connectivity index (χ1n) is 5.85. The van der Waals surface area contributed by atoms with E-state index in [9.17, 15) is 0 Å². The third kappa shape index (κ3) is 1.82. The van der Waals surface area contributed by atoms with Crippen molar-refractivity contribution in [3.63, 3.8) is 0 Å². The van der Waals surface area contributed by atoms with Gasteiger partial charge in [-0.2, -0.15) is 0 Å². The van der Waals surface area contributed by atoms with Crippen molar-refractivity contribution in [2.45, 2.75) is 0 Å². The summed E-state index contributed by atoms with van der Waals surface area (Å²) in [5.41, 5.74) is 2.33. The van der Waals surface area contributed by atoms with E-state index in [1.165, 1.54) is 10.9 Å². The molecule has 0 amide bonds. The Bertz CT molecular complexity index is 677. The maximum Gasteiger partial charge on any atom is 0.119 e. The van der Waals surface area contributed by atoms with E-state index in [0.717, 1.165) is 16.7 Å². The number of pyridine rings is 1. The smallest absolute Gasteiger partial charge is 0.119 e. The predicted octanol–water partition coefficient (Wildman–Crippen LogP) is 3.91. The average molecular weight is 235 g/mol. The molecule has 0 aliphatic heterocycles. The van der Waals surface area contributed by atoms with Crippen LogP contribution >= 0.6 is 0 Å². The summed E-state index contributed by atoms with van der Waals surface area (Å²) in [6.45, 7) is 0. The fourth-order valence-corrected chi connectivity index (χ4v) is 2.13. The van der Waals surface area contributed by atoms with Crippen LogP contribution in [0.3, 0.4) is 0 Å². The van der Waals surface area contributed by atoms with E-state index in [1.807, 2.05) is 42.7 Å². The van der Waals surface area contributed by atoms with Crippen molar-refractivity contribution in [1.29, 1.82) is 0 Å². The molecule has 0 atom stereocenters. The van der Waals surface area contributed by atoms with Gasteiger partial charge in [0.1, 0.15) is 5.75 Å². The SMILES string of the molecule is COc1ccc2c(-c3ccccc3)cncc2c1. The second-order valence-corrected chi connectivity index (χ2v) is 4.14. The predicted molar refractivity (Wildman–Crippen MR) is 73.7 cm³/mol. The molecule has 1 heterocycles. The lowest BCUT2D eigenvalue weighted by Gasteiger charge is -2.07. The highest BCUT2D eigenvalue weighted by atomic mass is 16.5. The molecule has 2 aromatic carbocycles. The van der Waals surface area contributed by atoms with Gasteiger partial charge in [-0.25, -0.2) is 0 Å². The monoisotopic (exact) mass is 235 g/mol. The average Bonchev–Trinajstić information content (AvgIpc) is 2.47. The summed E-state index contributed by atoms with van der Waals surface area (Å²) in [4.78, 5) is 4.31. The molecule has 2 heteroatoms. The van der Waals surface area contributed by atoms with Gasteiger partial charge >= 0.3 is 0 Å². The van der Waals surface area contributed by atoms with Crippen LogP contribution < -0.4 is 4.74 Å². The van der Waals surface area contributed by atoms with Crippen molar-refractivity contribution >= 4 is 10.8 Å². The van der Waals surface area contributed by atoms with Gasteiger partial charge in [-0.15, -0.1) is 0 Å². The number of nitrogens with zero attached hydrogens (tertiary/aromatic N) is 1. The first-order valence-corrected chi connectivity index (χ1v) is 5.85. The molecule has 0 bridgehead atoms. The summed E-state index contributed by atoms with van der Waals surface area (Å²) in [5, 5.41) is 2.28. The van der Waals surface area contributed by atoms with Gasteiger partial charge in [0.15, 0.2) is 0 Å². The Morgan fingerprint density at radius 1 is 0.944 bits per heavy atom. The van der Waals surface area contributed by atoms with Crippen molar-refractivity contribution in [3.8, 4) is 16.9 Å². The number of benzene rings is 2. The lowest BCUT2D eigenvalue weighted by Crippen LogP contribution is -1.86. The summed E-state index contributed by atoms with van der Waals surface area (Å²) in [6.07, 6.45) is 3.77. The van der Waals surface area contributed by atoms with Crippen LogP contribution in [0.25, 0.3) is 21.9 Å². The zero-order valence-electron chi connectivity index (χ0n) is 10.1. The molecule has 0 unspecified atom stereocenters. The van der Waals surface area contributed by atoms with E-state index >= 15 is 0 Å². The molecule has 0 saturated heterocycles. The minimum absolute atomic E-state index is 0.856. The number of rotatable bonds is 2. The second kappa shape index (κ2) is 4.49. The van der Waals surface area contributed by atoms with Gasteiger partial charge in [-0.3, -0.25) is 4.98 Å². The zero-order chi connectivity index (χ0) is 12.4. The summed E-state index contributed by atoms with van der Waals surface area (Å²) in [5.74, 6) is 0.856. The highest BCUT2D eigenvalue weighted by Gasteiger charge is 2.04. The van der Waals surface area contributed by atoms with E-state index in [2.05, 4.69) is 23.2 Å². The summed E-state index contributed by atoms with van der Waals surface area (Å²) < 4.78 is 5.24. The zero-order valence-corrected chi connectivity index (χ0v) is 10.1. The third-order valence-corrected chi connectivity index (χ3v) is 3.05. The van der Waals surface area contributed by atoms with E-state index in [4.69, 9.17) is 4.74 Å². The molecule has 0 aliphatic carbocycles. The maximum atomic E-state index is 5.24.